The fourth-order valence-electron chi connectivity index (χ4n) is 4.20. The van der Waals surface area contributed by atoms with E-state index >= 15 is 0 Å². The predicted octanol–water partition coefficient (Wildman–Crippen LogP) is 2.67. The Kier molecular flexibility index (Phi) is 7.10. The fourth-order valence-corrected chi connectivity index (χ4v) is 4.20. The summed E-state index contributed by atoms with van der Waals surface area (Å²) in [6, 6.07) is 3.51. The molecule has 0 unspecified atom stereocenters. The maximum Gasteiger partial charge on any atom is 0.315 e. The zero-order valence-electron chi connectivity index (χ0n) is 19.2. The quantitative estimate of drug-likeness (QED) is 0.529. The molecule has 2 aromatic rings. The number of urea groups is 1. The summed E-state index contributed by atoms with van der Waals surface area (Å²) < 4.78 is 7.82. The van der Waals surface area contributed by atoms with Crippen molar-refractivity contribution in [2.24, 2.45) is 18.9 Å². The van der Waals surface area contributed by atoms with Gasteiger partial charge in [0.25, 0.3) is 0 Å². The van der Waals surface area contributed by atoms with E-state index in [1.54, 1.807) is 11.7 Å². The van der Waals surface area contributed by atoms with Crippen LogP contribution in [0.1, 0.15) is 56.8 Å². The van der Waals surface area contributed by atoms with Crippen molar-refractivity contribution in [2.45, 2.75) is 64.5 Å². The van der Waals surface area contributed by atoms with Gasteiger partial charge in [-0.2, -0.15) is 0 Å². The largest absolute Gasteiger partial charge is 0.488 e. The second kappa shape index (κ2) is 10.2. The van der Waals surface area contributed by atoms with Crippen molar-refractivity contribution >= 4 is 12.0 Å². The number of amides is 2. The van der Waals surface area contributed by atoms with Crippen LogP contribution in [-0.4, -0.2) is 49.7 Å². The van der Waals surface area contributed by atoms with Crippen LogP contribution >= 0.6 is 0 Å². The number of ether oxygens (including phenoxy) is 1. The number of carbonyl (C=O) groups excluding carboxylic acids is 1. The molecule has 178 valence electrons. The van der Waals surface area contributed by atoms with E-state index < -0.39 is 5.97 Å². The molecule has 33 heavy (non-hydrogen) atoms. The van der Waals surface area contributed by atoms with Gasteiger partial charge in [0.15, 0.2) is 0 Å². The number of carboxylic acids is 1. The minimum absolute atomic E-state index is 0.122. The molecule has 0 saturated heterocycles. The summed E-state index contributed by atoms with van der Waals surface area (Å²) >= 11 is 0. The van der Waals surface area contributed by atoms with Gasteiger partial charge in [-0.05, 0) is 63.0 Å². The summed E-state index contributed by atoms with van der Waals surface area (Å²) in [6.45, 7) is 3.00. The molecule has 0 spiro atoms. The lowest BCUT2D eigenvalue weighted by Crippen LogP contribution is -2.36. The molecule has 0 radical (unpaired) electrons. The van der Waals surface area contributed by atoms with Crippen molar-refractivity contribution in [1.29, 1.82) is 0 Å². The van der Waals surface area contributed by atoms with Crippen LogP contribution in [0.2, 0.25) is 0 Å². The van der Waals surface area contributed by atoms with Crippen LogP contribution in [0, 0.1) is 11.8 Å². The Morgan fingerprint density at radius 3 is 2.76 bits per heavy atom. The zero-order valence-corrected chi connectivity index (χ0v) is 19.2. The number of aromatic nitrogens is 4. The van der Waals surface area contributed by atoms with Gasteiger partial charge in [0.05, 0.1) is 35.6 Å². The normalized spacial score (nSPS) is 20.3. The first-order valence-electron chi connectivity index (χ1n) is 11.7. The van der Waals surface area contributed by atoms with Crippen molar-refractivity contribution in [2.75, 3.05) is 6.54 Å². The highest BCUT2D eigenvalue weighted by Crippen LogP contribution is 2.31. The van der Waals surface area contributed by atoms with Gasteiger partial charge in [-0.3, -0.25) is 4.79 Å². The highest BCUT2D eigenvalue weighted by molar-refractivity contribution is 5.74. The van der Waals surface area contributed by atoms with E-state index in [4.69, 9.17) is 9.72 Å². The first-order chi connectivity index (χ1) is 15.9. The lowest BCUT2D eigenvalue weighted by Gasteiger charge is -2.28. The van der Waals surface area contributed by atoms with Gasteiger partial charge in [0, 0.05) is 13.6 Å². The number of carbonyl (C=O) groups is 2. The molecule has 10 nitrogen and oxygen atoms in total. The summed E-state index contributed by atoms with van der Waals surface area (Å²) in [7, 11) is 1.79. The Hall–Kier alpha value is -3.17. The third kappa shape index (κ3) is 5.80. The van der Waals surface area contributed by atoms with Gasteiger partial charge in [0.1, 0.15) is 11.4 Å². The Bertz CT molecular complexity index is 1000. The van der Waals surface area contributed by atoms with Gasteiger partial charge in [-0.25, -0.2) is 14.5 Å². The highest BCUT2D eigenvalue weighted by atomic mass is 16.5. The van der Waals surface area contributed by atoms with Gasteiger partial charge in [0.2, 0.25) is 0 Å². The van der Waals surface area contributed by atoms with Crippen molar-refractivity contribution in [3.8, 4) is 17.1 Å². The van der Waals surface area contributed by atoms with Gasteiger partial charge < -0.3 is 20.5 Å². The number of nitrogens with one attached hydrogen (secondary N) is 2. The molecule has 0 aromatic carbocycles. The second-order valence-corrected chi connectivity index (χ2v) is 8.95. The molecule has 2 heterocycles. The molecule has 2 aromatic heterocycles. The number of rotatable bonds is 9. The van der Waals surface area contributed by atoms with E-state index in [9.17, 15) is 14.7 Å². The molecule has 2 aliphatic rings. The summed E-state index contributed by atoms with van der Waals surface area (Å²) in [6.07, 6.45) is 5.82. The molecule has 2 fully saturated rings. The third-order valence-corrected chi connectivity index (χ3v) is 6.39. The lowest BCUT2D eigenvalue weighted by molar-refractivity contribution is -0.143. The Morgan fingerprint density at radius 2 is 2.03 bits per heavy atom. The average molecular weight is 457 g/mol. The maximum absolute atomic E-state index is 12.1. The van der Waals surface area contributed by atoms with Crippen LogP contribution in [0.3, 0.4) is 0 Å². The highest BCUT2D eigenvalue weighted by Gasteiger charge is 2.29. The summed E-state index contributed by atoms with van der Waals surface area (Å²) in [5.41, 5.74) is 2.83. The second-order valence-electron chi connectivity index (χ2n) is 8.95. The molecule has 3 N–H and O–H groups in total. The van der Waals surface area contributed by atoms with Crippen molar-refractivity contribution < 1.29 is 19.4 Å². The topological polar surface area (TPSA) is 131 Å². The third-order valence-electron chi connectivity index (χ3n) is 6.39. The molecular formula is C23H32N6O4. The molecule has 10 heteroatoms. The minimum atomic E-state index is -0.752. The van der Waals surface area contributed by atoms with Crippen LogP contribution in [0.4, 0.5) is 4.79 Å². The van der Waals surface area contributed by atoms with Crippen LogP contribution in [0.5, 0.6) is 5.75 Å². The molecular weight excluding hydrogens is 424 g/mol. The lowest BCUT2D eigenvalue weighted by atomic mass is 9.87. The van der Waals surface area contributed by atoms with Crippen LogP contribution < -0.4 is 15.4 Å². The predicted molar refractivity (Wildman–Crippen MR) is 121 cm³/mol. The monoisotopic (exact) mass is 456 g/mol. The minimum Gasteiger partial charge on any atom is -0.488 e. The fraction of sp³-hybridized carbons (Fsp3) is 0.609. The Balaban J connectivity index is 1.45. The van der Waals surface area contributed by atoms with E-state index in [1.165, 1.54) is 12.8 Å². The molecule has 4 rings (SSSR count). The number of aryl methyl sites for hydroxylation is 2. The van der Waals surface area contributed by atoms with E-state index in [-0.39, 0.29) is 24.6 Å². The summed E-state index contributed by atoms with van der Waals surface area (Å²) in [4.78, 5) is 28.2. The van der Waals surface area contributed by atoms with Crippen LogP contribution in [0.25, 0.3) is 11.4 Å². The molecule has 2 aliphatic carbocycles. The van der Waals surface area contributed by atoms with Crippen molar-refractivity contribution in [3.05, 3.63) is 23.5 Å². The maximum atomic E-state index is 12.1. The van der Waals surface area contributed by atoms with Crippen molar-refractivity contribution in [3.63, 3.8) is 0 Å². The number of nitrogens with zero attached hydrogens (tertiary/aromatic N) is 4. The molecule has 2 saturated carbocycles. The van der Waals surface area contributed by atoms with Gasteiger partial charge in [-0.15, -0.1) is 5.10 Å². The van der Waals surface area contributed by atoms with E-state index in [1.807, 2.05) is 19.1 Å². The summed E-state index contributed by atoms with van der Waals surface area (Å²) in [5.74, 6) is 0.195. The Morgan fingerprint density at radius 1 is 1.21 bits per heavy atom. The number of hydrogen-bond donors (Lipinski definition) is 3. The van der Waals surface area contributed by atoms with Crippen molar-refractivity contribution in [1.82, 2.24) is 30.6 Å². The van der Waals surface area contributed by atoms with E-state index in [0.717, 1.165) is 24.2 Å². The van der Waals surface area contributed by atoms with Crippen LogP contribution in [0.15, 0.2) is 12.1 Å². The Labute approximate surface area is 193 Å². The molecule has 0 bridgehead atoms. The smallest absolute Gasteiger partial charge is 0.315 e. The molecule has 2 atom stereocenters. The number of hydrogen-bond acceptors (Lipinski definition) is 6. The summed E-state index contributed by atoms with van der Waals surface area (Å²) in [5, 5.41) is 23.5. The SMILES string of the molecule is CCc1nc(-c2nnn(C)c2CNC(=O)NCC2CC2)ccc1O[C@H]1CCC[C@H](C(=O)O)C1. The average Bonchev–Trinajstić information content (AvgIpc) is 3.58. The first-order valence-corrected chi connectivity index (χ1v) is 11.7. The van der Waals surface area contributed by atoms with Crippen LogP contribution in [-0.2, 0) is 24.8 Å². The standard InChI is InChI=1S/C23H32N6O4/c1-3-17-20(33-16-6-4-5-15(11-16)22(30)31)10-9-18(26-17)21-19(29(2)28-27-21)13-25-23(32)24-12-14-7-8-14/h9-10,14-16H,3-8,11-13H2,1-2H3,(H,30,31)(H2,24,25,32)/t15-,16-/m0/s1. The molecule has 0 aliphatic heterocycles. The van der Waals surface area contributed by atoms with E-state index in [2.05, 4.69) is 20.9 Å². The first kappa shape index (κ1) is 23.0. The number of carboxylic acid groups (broad SMARTS) is 1. The van der Waals surface area contributed by atoms with Gasteiger partial charge >= 0.3 is 12.0 Å². The zero-order chi connectivity index (χ0) is 23.4. The number of pyridine rings is 1. The number of aliphatic carboxylic acids is 1. The molecule has 2 amide bonds. The van der Waals surface area contributed by atoms with Gasteiger partial charge in [-0.1, -0.05) is 12.1 Å². The van der Waals surface area contributed by atoms with E-state index in [0.29, 0.717) is 48.9 Å².